The monoisotopic (exact) mass is 317 g/mol. The molecule has 1 aromatic carbocycles. The molecule has 1 rings (SSSR count). The van der Waals surface area contributed by atoms with Crippen molar-refractivity contribution in [2.75, 3.05) is 0 Å². The summed E-state index contributed by atoms with van der Waals surface area (Å²) in [7, 11) is 0. The van der Waals surface area contributed by atoms with Gasteiger partial charge in [0.25, 0.3) is 0 Å². The SMILES string of the molecule is CC(C)C(CC(=O)O)N(Cc1ccccc1)C(=O)C(F)(F)F. The summed E-state index contributed by atoms with van der Waals surface area (Å²) < 4.78 is 38.5. The van der Waals surface area contributed by atoms with E-state index in [0.29, 0.717) is 10.5 Å². The van der Waals surface area contributed by atoms with Crippen molar-refractivity contribution < 1.29 is 27.9 Å². The van der Waals surface area contributed by atoms with E-state index in [0.717, 1.165) is 0 Å². The maximum absolute atomic E-state index is 12.8. The van der Waals surface area contributed by atoms with Crippen LogP contribution >= 0.6 is 0 Å². The number of amides is 1. The summed E-state index contributed by atoms with van der Waals surface area (Å²) >= 11 is 0. The fourth-order valence-electron chi connectivity index (χ4n) is 2.17. The highest BCUT2D eigenvalue weighted by atomic mass is 19.4. The number of hydrogen-bond acceptors (Lipinski definition) is 2. The predicted octanol–water partition coefficient (Wildman–Crippen LogP) is 3.08. The van der Waals surface area contributed by atoms with Crippen LogP contribution in [-0.4, -0.2) is 34.1 Å². The smallest absolute Gasteiger partial charge is 0.471 e. The van der Waals surface area contributed by atoms with Crippen LogP contribution in [0.5, 0.6) is 0 Å². The number of carbonyl (C=O) groups is 2. The number of carboxylic acid groups (broad SMARTS) is 1. The highest BCUT2D eigenvalue weighted by Gasteiger charge is 2.45. The molecule has 0 radical (unpaired) electrons. The minimum atomic E-state index is -5.04. The van der Waals surface area contributed by atoms with E-state index in [1.807, 2.05) is 0 Å². The highest BCUT2D eigenvalue weighted by molar-refractivity contribution is 5.82. The van der Waals surface area contributed by atoms with Crippen molar-refractivity contribution >= 4 is 11.9 Å². The second-order valence-electron chi connectivity index (χ2n) is 5.33. The fourth-order valence-corrected chi connectivity index (χ4v) is 2.17. The lowest BCUT2D eigenvalue weighted by Crippen LogP contribution is -2.49. The third-order valence-corrected chi connectivity index (χ3v) is 3.25. The van der Waals surface area contributed by atoms with Gasteiger partial charge in [0.15, 0.2) is 0 Å². The minimum Gasteiger partial charge on any atom is -0.481 e. The molecule has 0 aliphatic rings. The molecule has 0 saturated carbocycles. The lowest BCUT2D eigenvalue weighted by Gasteiger charge is -2.34. The second-order valence-corrected chi connectivity index (χ2v) is 5.33. The molecule has 0 aliphatic carbocycles. The molecule has 1 aromatic rings. The van der Waals surface area contributed by atoms with Gasteiger partial charge in [0.05, 0.1) is 6.42 Å². The van der Waals surface area contributed by atoms with Crippen LogP contribution in [0.3, 0.4) is 0 Å². The third kappa shape index (κ3) is 5.05. The Morgan fingerprint density at radius 2 is 1.73 bits per heavy atom. The number of alkyl halides is 3. The summed E-state index contributed by atoms with van der Waals surface area (Å²) in [6.45, 7) is 2.90. The minimum absolute atomic E-state index is 0.282. The zero-order valence-electron chi connectivity index (χ0n) is 12.3. The Kier molecular flexibility index (Phi) is 5.96. The molecule has 1 atom stereocenters. The molecule has 0 heterocycles. The van der Waals surface area contributed by atoms with E-state index in [1.54, 1.807) is 44.2 Å². The van der Waals surface area contributed by atoms with Crippen molar-refractivity contribution in [3.05, 3.63) is 35.9 Å². The Hall–Kier alpha value is -2.05. The van der Waals surface area contributed by atoms with Gasteiger partial charge in [-0.15, -0.1) is 0 Å². The number of rotatable bonds is 6. The first kappa shape index (κ1) is 18.0. The molecule has 7 heteroatoms. The fraction of sp³-hybridized carbons (Fsp3) is 0.467. The molecule has 0 aromatic heterocycles. The van der Waals surface area contributed by atoms with Gasteiger partial charge < -0.3 is 10.0 Å². The zero-order valence-corrected chi connectivity index (χ0v) is 12.3. The van der Waals surface area contributed by atoms with Gasteiger partial charge in [0, 0.05) is 12.6 Å². The van der Waals surface area contributed by atoms with Crippen molar-refractivity contribution in [2.24, 2.45) is 5.92 Å². The van der Waals surface area contributed by atoms with E-state index in [4.69, 9.17) is 5.11 Å². The molecule has 0 saturated heterocycles. The molecule has 4 nitrogen and oxygen atoms in total. The van der Waals surface area contributed by atoms with Crippen LogP contribution in [0.15, 0.2) is 30.3 Å². The third-order valence-electron chi connectivity index (χ3n) is 3.25. The van der Waals surface area contributed by atoms with E-state index in [-0.39, 0.29) is 6.54 Å². The summed E-state index contributed by atoms with van der Waals surface area (Å²) in [6.07, 6.45) is -5.58. The first-order valence-electron chi connectivity index (χ1n) is 6.76. The maximum atomic E-state index is 12.8. The van der Waals surface area contributed by atoms with Crippen LogP contribution in [0.1, 0.15) is 25.8 Å². The normalized spacial score (nSPS) is 13.0. The molecule has 0 fully saturated rings. The lowest BCUT2D eigenvalue weighted by molar-refractivity contribution is -0.190. The van der Waals surface area contributed by atoms with E-state index < -0.39 is 36.4 Å². The van der Waals surface area contributed by atoms with Gasteiger partial charge in [-0.1, -0.05) is 44.2 Å². The zero-order chi connectivity index (χ0) is 16.9. The van der Waals surface area contributed by atoms with E-state index in [9.17, 15) is 22.8 Å². The molecule has 1 amide bonds. The first-order chi connectivity index (χ1) is 10.1. The van der Waals surface area contributed by atoms with Gasteiger partial charge in [-0.25, -0.2) is 0 Å². The van der Waals surface area contributed by atoms with Gasteiger partial charge in [0.1, 0.15) is 0 Å². The van der Waals surface area contributed by atoms with Crippen molar-refractivity contribution in [3.63, 3.8) is 0 Å². The van der Waals surface area contributed by atoms with E-state index >= 15 is 0 Å². The Morgan fingerprint density at radius 3 is 2.14 bits per heavy atom. The topological polar surface area (TPSA) is 57.6 Å². The second kappa shape index (κ2) is 7.29. The van der Waals surface area contributed by atoms with Crippen LogP contribution in [0, 0.1) is 5.92 Å². The van der Waals surface area contributed by atoms with Crippen LogP contribution in [0.25, 0.3) is 0 Å². The number of hydrogen-bond donors (Lipinski definition) is 1. The summed E-state index contributed by atoms with van der Waals surface area (Å²) in [5.41, 5.74) is 0.510. The first-order valence-corrected chi connectivity index (χ1v) is 6.76. The van der Waals surface area contributed by atoms with Gasteiger partial charge in [-0.3, -0.25) is 9.59 Å². The number of aliphatic carboxylic acids is 1. The van der Waals surface area contributed by atoms with Crippen molar-refractivity contribution in [2.45, 2.75) is 39.0 Å². The van der Waals surface area contributed by atoms with Crippen molar-refractivity contribution in [3.8, 4) is 0 Å². The van der Waals surface area contributed by atoms with Crippen LogP contribution in [-0.2, 0) is 16.1 Å². The standard InChI is InChI=1S/C15H18F3NO3/c1-10(2)12(8-13(20)21)19(14(22)15(16,17)18)9-11-6-4-3-5-7-11/h3-7,10,12H,8-9H2,1-2H3,(H,20,21). The van der Waals surface area contributed by atoms with Crippen molar-refractivity contribution in [1.82, 2.24) is 4.90 Å². The summed E-state index contributed by atoms with van der Waals surface area (Å²) in [4.78, 5) is 23.2. The van der Waals surface area contributed by atoms with Crippen LogP contribution < -0.4 is 0 Å². The summed E-state index contributed by atoms with van der Waals surface area (Å²) in [6, 6.07) is 7.15. The highest BCUT2D eigenvalue weighted by Crippen LogP contribution is 2.26. The van der Waals surface area contributed by atoms with Gasteiger partial charge in [-0.2, -0.15) is 13.2 Å². The maximum Gasteiger partial charge on any atom is 0.471 e. The van der Waals surface area contributed by atoms with Crippen molar-refractivity contribution in [1.29, 1.82) is 0 Å². The molecular weight excluding hydrogens is 299 g/mol. The summed E-state index contributed by atoms with van der Waals surface area (Å²) in [5, 5.41) is 8.91. The molecule has 0 spiro atoms. The molecule has 0 aliphatic heterocycles. The Balaban J connectivity index is 3.13. The average Bonchev–Trinajstić information content (AvgIpc) is 2.41. The van der Waals surface area contributed by atoms with Gasteiger partial charge in [-0.05, 0) is 11.5 Å². The molecule has 0 bridgehead atoms. The summed E-state index contributed by atoms with van der Waals surface area (Å²) in [5.74, 6) is -3.69. The molecule has 22 heavy (non-hydrogen) atoms. The van der Waals surface area contributed by atoms with Crippen LogP contribution in [0.2, 0.25) is 0 Å². The van der Waals surface area contributed by atoms with Gasteiger partial charge >= 0.3 is 18.1 Å². The molecule has 1 N–H and O–H groups in total. The van der Waals surface area contributed by atoms with Gasteiger partial charge in [0.2, 0.25) is 0 Å². The number of nitrogens with zero attached hydrogens (tertiary/aromatic N) is 1. The number of carboxylic acids is 1. The average molecular weight is 317 g/mol. The van der Waals surface area contributed by atoms with Crippen LogP contribution in [0.4, 0.5) is 13.2 Å². The quantitative estimate of drug-likeness (QED) is 0.877. The molecule has 1 unspecified atom stereocenters. The Labute approximate surface area is 126 Å². The largest absolute Gasteiger partial charge is 0.481 e. The van der Waals surface area contributed by atoms with E-state index in [1.165, 1.54) is 0 Å². The lowest BCUT2D eigenvalue weighted by atomic mass is 9.98. The Morgan fingerprint density at radius 1 is 1.18 bits per heavy atom. The van der Waals surface area contributed by atoms with E-state index in [2.05, 4.69) is 0 Å². The number of carbonyl (C=O) groups excluding carboxylic acids is 1. The number of benzene rings is 1. The Bertz CT molecular complexity index is 515. The molecule has 122 valence electrons. The predicted molar refractivity (Wildman–Crippen MR) is 73.9 cm³/mol. The molecular formula is C15H18F3NO3. The number of halogens is 3.